The molecule has 0 atom stereocenters. The molecule has 0 aliphatic carbocycles. The van der Waals surface area contributed by atoms with Crippen molar-refractivity contribution in [3.8, 4) is 0 Å². The summed E-state index contributed by atoms with van der Waals surface area (Å²) in [5.41, 5.74) is 0. The average Bonchev–Trinajstić information content (AvgIpc) is 2.52. The number of rotatable bonds is 1. The van der Waals surface area contributed by atoms with Gasteiger partial charge in [0.15, 0.2) is 0 Å². The Morgan fingerprint density at radius 1 is 1.07 bits per heavy atom. The highest BCUT2D eigenvalue weighted by atomic mass is 16.6. The van der Waals surface area contributed by atoms with Crippen LogP contribution < -0.4 is 0 Å². The van der Waals surface area contributed by atoms with E-state index in [9.17, 15) is 14.4 Å². The molecule has 0 N–H and O–H groups in total. The van der Waals surface area contributed by atoms with Crippen LogP contribution in [0, 0.1) is 0 Å². The van der Waals surface area contributed by atoms with Crippen LogP contribution in [0.4, 0.5) is 4.79 Å². The van der Waals surface area contributed by atoms with E-state index in [1.54, 1.807) is 0 Å². The average molecular weight is 198 g/mol. The van der Waals surface area contributed by atoms with E-state index in [4.69, 9.17) is 0 Å². The summed E-state index contributed by atoms with van der Waals surface area (Å²) in [7, 11) is 0. The van der Waals surface area contributed by atoms with Gasteiger partial charge >= 0.3 is 6.09 Å². The number of hydrogen-bond acceptors (Lipinski definition) is 4. The number of hydrazine groups is 1. The maximum atomic E-state index is 11.4. The monoisotopic (exact) mass is 198 g/mol. The van der Waals surface area contributed by atoms with Gasteiger partial charge in [0, 0.05) is 12.8 Å². The Labute approximate surface area is 80.4 Å². The Kier molecular flexibility index (Phi) is 2.11. The van der Waals surface area contributed by atoms with Crippen molar-refractivity contribution in [2.75, 3.05) is 13.2 Å². The minimum Gasteiger partial charge on any atom is -0.446 e. The molecular formula is C8H10N2O4. The topological polar surface area (TPSA) is 66.9 Å². The third-order valence-electron chi connectivity index (χ3n) is 2.23. The fourth-order valence-corrected chi connectivity index (χ4v) is 1.58. The first-order valence-corrected chi connectivity index (χ1v) is 4.50. The number of nitrogens with zero attached hydrogens (tertiary/aromatic N) is 2. The third-order valence-corrected chi connectivity index (χ3v) is 2.23. The molecule has 76 valence electrons. The molecular weight excluding hydrogens is 188 g/mol. The first-order chi connectivity index (χ1) is 6.70. The van der Waals surface area contributed by atoms with Crippen LogP contribution in [-0.2, 0) is 14.3 Å². The van der Waals surface area contributed by atoms with E-state index < -0.39 is 6.09 Å². The van der Waals surface area contributed by atoms with Gasteiger partial charge in [-0.15, -0.1) is 0 Å². The normalized spacial score (nSPS) is 23.0. The lowest BCUT2D eigenvalue weighted by Crippen LogP contribution is -2.52. The van der Waals surface area contributed by atoms with Gasteiger partial charge in [0.05, 0.1) is 6.54 Å². The Morgan fingerprint density at radius 3 is 2.21 bits per heavy atom. The van der Waals surface area contributed by atoms with E-state index in [1.165, 1.54) is 0 Å². The standard InChI is InChI=1S/C8H10N2O4/c11-6-2-1-3-7(12)10(6)9-4-5-14-8(9)13/h1-5H2. The molecule has 0 spiro atoms. The highest BCUT2D eigenvalue weighted by molar-refractivity contribution is 5.98. The summed E-state index contributed by atoms with van der Waals surface area (Å²) in [6.45, 7) is 0.506. The second-order valence-electron chi connectivity index (χ2n) is 3.19. The van der Waals surface area contributed by atoms with Crippen LogP contribution in [0.5, 0.6) is 0 Å². The summed E-state index contributed by atoms with van der Waals surface area (Å²) < 4.78 is 4.66. The van der Waals surface area contributed by atoms with Crippen molar-refractivity contribution in [2.45, 2.75) is 19.3 Å². The minimum atomic E-state index is -0.617. The number of hydrogen-bond donors (Lipinski definition) is 0. The van der Waals surface area contributed by atoms with Crippen molar-refractivity contribution >= 4 is 17.9 Å². The van der Waals surface area contributed by atoms with Gasteiger partial charge in [-0.2, -0.15) is 5.01 Å². The molecule has 6 nitrogen and oxygen atoms in total. The second-order valence-corrected chi connectivity index (χ2v) is 3.19. The van der Waals surface area contributed by atoms with E-state index in [0.717, 1.165) is 10.0 Å². The first-order valence-electron chi connectivity index (χ1n) is 4.50. The number of piperidine rings is 1. The van der Waals surface area contributed by atoms with Crippen LogP contribution in [0.25, 0.3) is 0 Å². The second kappa shape index (κ2) is 3.28. The van der Waals surface area contributed by atoms with Gasteiger partial charge in [-0.3, -0.25) is 9.59 Å². The lowest BCUT2D eigenvalue weighted by Gasteiger charge is -2.30. The minimum absolute atomic E-state index is 0.232. The highest BCUT2D eigenvalue weighted by Gasteiger charge is 2.37. The van der Waals surface area contributed by atoms with Crippen molar-refractivity contribution in [2.24, 2.45) is 0 Å². The SMILES string of the molecule is O=C1OCCN1N1C(=O)CCCC1=O. The van der Waals surface area contributed by atoms with Crippen LogP contribution in [0.1, 0.15) is 19.3 Å². The van der Waals surface area contributed by atoms with Crippen LogP contribution in [0.2, 0.25) is 0 Å². The number of cyclic esters (lactones) is 1. The summed E-state index contributed by atoms with van der Waals surface area (Å²) in [5.74, 6) is -0.639. The predicted molar refractivity (Wildman–Crippen MR) is 43.8 cm³/mol. The summed E-state index contributed by atoms with van der Waals surface area (Å²) in [6, 6.07) is 0. The van der Waals surface area contributed by atoms with Crippen LogP contribution >= 0.6 is 0 Å². The maximum absolute atomic E-state index is 11.4. The largest absolute Gasteiger partial charge is 0.446 e. The molecule has 2 heterocycles. The zero-order valence-corrected chi connectivity index (χ0v) is 7.56. The Balaban J connectivity index is 2.17. The van der Waals surface area contributed by atoms with Crippen molar-refractivity contribution in [3.05, 3.63) is 0 Å². The van der Waals surface area contributed by atoms with Crippen LogP contribution in [0.3, 0.4) is 0 Å². The smallest absolute Gasteiger partial charge is 0.429 e. The molecule has 0 radical (unpaired) electrons. The summed E-state index contributed by atoms with van der Waals surface area (Å²) >= 11 is 0. The van der Waals surface area contributed by atoms with Crippen molar-refractivity contribution in [3.63, 3.8) is 0 Å². The molecule has 0 aromatic carbocycles. The van der Waals surface area contributed by atoms with Crippen LogP contribution in [-0.4, -0.2) is 41.1 Å². The van der Waals surface area contributed by atoms with Gasteiger partial charge in [0.2, 0.25) is 11.8 Å². The number of ether oxygens (including phenoxy) is 1. The molecule has 6 heteroatoms. The van der Waals surface area contributed by atoms with Gasteiger partial charge in [0.1, 0.15) is 6.61 Å². The molecule has 14 heavy (non-hydrogen) atoms. The van der Waals surface area contributed by atoms with Crippen LogP contribution in [0.15, 0.2) is 0 Å². The number of amides is 3. The zero-order valence-electron chi connectivity index (χ0n) is 7.56. The summed E-state index contributed by atoms with van der Waals surface area (Å²) in [4.78, 5) is 33.9. The maximum Gasteiger partial charge on any atom is 0.429 e. The zero-order chi connectivity index (χ0) is 10.1. The number of imide groups is 1. The molecule has 2 aliphatic rings. The molecule has 0 bridgehead atoms. The number of carbonyl (C=O) groups excluding carboxylic acids is 3. The van der Waals surface area contributed by atoms with E-state index in [0.29, 0.717) is 19.3 Å². The number of carbonyl (C=O) groups is 3. The van der Waals surface area contributed by atoms with Crippen molar-refractivity contribution in [1.82, 2.24) is 10.0 Å². The molecule has 3 amide bonds. The summed E-state index contributed by atoms with van der Waals surface area (Å²) in [5, 5.41) is 1.99. The fourth-order valence-electron chi connectivity index (χ4n) is 1.58. The molecule has 0 aromatic rings. The molecule has 0 aromatic heterocycles. The Hall–Kier alpha value is -1.59. The molecule has 2 rings (SSSR count). The van der Waals surface area contributed by atoms with E-state index >= 15 is 0 Å². The van der Waals surface area contributed by atoms with Crippen molar-refractivity contribution < 1.29 is 19.1 Å². The Morgan fingerprint density at radius 2 is 1.71 bits per heavy atom. The molecule has 0 unspecified atom stereocenters. The quantitative estimate of drug-likeness (QED) is 0.551. The summed E-state index contributed by atoms with van der Waals surface area (Å²) in [6.07, 6.45) is 0.579. The highest BCUT2D eigenvalue weighted by Crippen LogP contribution is 2.17. The van der Waals surface area contributed by atoms with Gasteiger partial charge in [0.25, 0.3) is 0 Å². The molecule has 2 saturated heterocycles. The molecule has 2 fully saturated rings. The van der Waals surface area contributed by atoms with E-state index in [1.807, 2.05) is 0 Å². The van der Waals surface area contributed by atoms with E-state index in [-0.39, 0.29) is 25.0 Å². The lowest BCUT2D eigenvalue weighted by atomic mass is 10.1. The van der Waals surface area contributed by atoms with Gasteiger partial charge in [-0.25, -0.2) is 9.80 Å². The predicted octanol–water partition coefficient (Wildman–Crippen LogP) is -0.107. The molecule has 0 saturated carbocycles. The lowest BCUT2D eigenvalue weighted by molar-refractivity contribution is -0.162. The van der Waals surface area contributed by atoms with Crippen molar-refractivity contribution in [1.29, 1.82) is 0 Å². The first kappa shape index (κ1) is 8.98. The third kappa shape index (κ3) is 1.32. The Bertz CT molecular complexity index is 286. The van der Waals surface area contributed by atoms with Gasteiger partial charge in [-0.05, 0) is 6.42 Å². The van der Waals surface area contributed by atoms with Gasteiger partial charge < -0.3 is 4.74 Å². The van der Waals surface area contributed by atoms with E-state index in [2.05, 4.69) is 4.74 Å². The van der Waals surface area contributed by atoms with Gasteiger partial charge in [-0.1, -0.05) is 0 Å². The fraction of sp³-hybridized carbons (Fsp3) is 0.625. The molecule has 2 aliphatic heterocycles.